The summed E-state index contributed by atoms with van der Waals surface area (Å²) in [7, 11) is 0. The molecule has 0 bridgehead atoms. The second-order valence-corrected chi connectivity index (χ2v) is 6.65. The molecule has 2 unspecified atom stereocenters. The van der Waals surface area contributed by atoms with Crippen molar-refractivity contribution in [1.82, 2.24) is 4.90 Å². The Hall–Kier alpha value is -2.14. The Balaban J connectivity index is 1.61. The van der Waals surface area contributed by atoms with Crippen LogP contribution in [0.15, 0.2) is 36.4 Å². The number of aliphatic hydroxyl groups excluding tert-OH is 1. The van der Waals surface area contributed by atoms with Crippen molar-refractivity contribution in [2.75, 3.05) is 18.4 Å². The van der Waals surface area contributed by atoms with Gasteiger partial charge < -0.3 is 15.3 Å². The lowest BCUT2D eigenvalue weighted by atomic mass is 10.0. The standard InChI is InChI=1S/C19H24N2O3/c22-17-9-4-10-21(13-17)19(24)15-7-3-8-16(12-15)20-18(23)11-14-5-1-2-6-14/h1,3,5,7-8,12,14,17,22H,2,4,6,9-11,13H2,(H,20,23). The summed E-state index contributed by atoms with van der Waals surface area (Å²) in [5.74, 6) is 0.206. The van der Waals surface area contributed by atoms with Gasteiger partial charge in [0.2, 0.25) is 5.91 Å². The Kier molecular flexibility index (Phi) is 5.30. The van der Waals surface area contributed by atoms with E-state index in [2.05, 4.69) is 17.5 Å². The minimum absolute atomic E-state index is 0.0236. The van der Waals surface area contributed by atoms with Crippen molar-refractivity contribution in [3.05, 3.63) is 42.0 Å². The Morgan fingerprint density at radius 2 is 2.17 bits per heavy atom. The third-order valence-electron chi connectivity index (χ3n) is 4.64. The topological polar surface area (TPSA) is 69.6 Å². The van der Waals surface area contributed by atoms with Crippen LogP contribution in [0.1, 0.15) is 42.5 Å². The van der Waals surface area contributed by atoms with Gasteiger partial charge >= 0.3 is 0 Å². The highest BCUT2D eigenvalue weighted by molar-refractivity contribution is 5.97. The summed E-state index contributed by atoms with van der Waals surface area (Å²) in [4.78, 5) is 26.4. The van der Waals surface area contributed by atoms with Gasteiger partial charge in [-0.3, -0.25) is 9.59 Å². The molecule has 5 heteroatoms. The van der Waals surface area contributed by atoms with E-state index >= 15 is 0 Å². The molecule has 2 N–H and O–H groups in total. The fourth-order valence-electron chi connectivity index (χ4n) is 3.37. The van der Waals surface area contributed by atoms with Crippen LogP contribution < -0.4 is 5.32 Å². The second-order valence-electron chi connectivity index (χ2n) is 6.65. The molecule has 1 heterocycles. The molecule has 0 radical (unpaired) electrons. The zero-order chi connectivity index (χ0) is 16.9. The van der Waals surface area contributed by atoms with Crippen LogP contribution in [0.4, 0.5) is 5.69 Å². The van der Waals surface area contributed by atoms with Gasteiger partial charge in [-0.1, -0.05) is 18.2 Å². The van der Waals surface area contributed by atoms with Crippen molar-refractivity contribution < 1.29 is 14.7 Å². The maximum Gasteiger partial charge on any atom is 0.254 e. The summed E-state index contributed by atoms with van der Waals surface area (Å²) >= 11 is 0. The average Bonchev–Trinajstić information content (AvgIpc) is 3.07. The van der Waals surface area contributed by atoms with Gasteiger partial charge in [-0.2, -0.15) is 0 Å². The number of allylic oxidation sites excluding steroid dienone is 2. The van der Waals surface area contributed by atoms with Crippen molar-refractivity contribution in [3.8, 4) is 0 Å². The molecule has 0 saturated carbocycles. The molecule has 24 heavy (non-hydrogen) atoms. The van der Waals surface area contributed by atoms with Gasteiger partial charge in [0.25, 0.3) is 5.91 Å². The number of β-amino-alcohol motifs (C(OH)–C–C–N with tert-alkyl or cyclic N) is 1. The van der Waals surface area contributed by atoms with Gasteiger partial charge in [-0.15, -0.1) is 0 Å². The van der Waals surface area contributed by atoms with E-state index in [1.165, 1.54) is 0 Å². The van der Waals surface area contributed by atoms with Crippen LogP contribution in [0.3, 0.4) is 0 Å². The third-order valence-corrected chi connectivity index (χ3v) is 4.64. The zero-order valence-electron chi connectivity index (χ0n) is 13.8. The van der Waals surface area contributed by atoms with Crippen LogP contribution >= 0.6 is 0 Å². The third kappa shape index (κ3) is 4.23. The van der Waals surface area contributed by atoms with Crippen LogP contribution in [-0.4, -0.2) is 41.0 Å². The van der Waals surface area contributed by atoms with Gasteiger partial charge in [0.15, 0.2) is 0 Å². The van der Waals surface area contributed by atoms with Crippen LogP contribution in [0, 0.1) is 5.92 Å². The number of hydrogen-bond donors (Lipinski definition) is 2. The number of rotatable bonds is 4. The van der Waals surface area contributed by atoms with Crippen LogP contribution in [-0.2, 0) is 4.79 Å². The number of likely N-dealkylation sites (tertiary alicyclic amines) is 1. The first kappa shape index (κ1) is 16.7. The SMILES string of the molecule is O=C(CC1C=CCC1)Nc1cccc(C(=O)N2CCCC(O)C2)c1. The van der Waals surface area contributed by atoms with Crippen LogP contribution in [0.2, 0.25) is 0 Å². The van der Waals surface area contributed by atoms with E-state index in [9.17, 15) is 14.7 Å². The van der Waals surface area contributed by atoms with Crippen molar-refractivity contribution in [2.24, 2.45) is 5.92 Å². The molecule has 128 valence electrons. The molecule has 1 aliphatic heterocycles. The molecule has 5 nitrogen and oxygen atoms in total. The highest BCUT2D eigenvalue weighted by Crippen LogP contribution is 2.22. The molecule has 3 rings (SSSR count). The fraction of sp³-hybridized carbons (Fsp3) is 0.474. The van der Waals surface area contributed by atoms with Crippen LogP contribution in [0.5, 0.6) is 0 Å². The Bertz CT molecular complexity index is 641. The van der Waals surface area contributed by atoms with E-state index in [1.54, 1.807) is 29.2 Å². The summed E-state index contributed by atoms with van der Waals surface area (Å²) < 4.78 is 0. The van der Waals surface area contributed by atoms with E-state index in [-0.39, 0.29) is 11.8 Å². The number of benzene rings is 1. The first-order valence-corrected chi connectivity index (χ1v) is 8.66. The van der Waals surface area contributed by atoms with E-state index in [0.29, 0.717) is 36.7 Å². The van der Waals surface area contributed by atoms with Crippen molar-refractivity contribution in [3.63, 3.8) is 0 Å². The van der Waals surface area contributed by atoms with Crippen LogP contribution in [0.25, 0.3) is 0 Å². The number of nitrogens with one attached hydrogen (secondary N) is 1. The molecule has 1 saturated heterocycles. The predicted molar refractivity (Wildman–Crippen MR) is 92.7 cm³/mol. The highest BCUT2D eigenvalue weighted by Gasteiger charge is 2.23. The molecule has 1 aliphatic carbocycles. The zero-order valence-corrected chi connectivity index (χ0v) is 13.8. The normalized spacial score (nSPS) is 23.3. The number of amides is 2. The van der Waals surface area contributed by atoms with E-state index < -0.39 is 6.10 Å². The summed E-state index contributed by atoms with van der Waals surface area (Å²) in [5.41, 5.74) is 1.19. The molecule has 2 atom stereocenters. The monoisotopic (exact) mass is 328 g/mol. The lowest BCUT2D eigenvalue weighted by Crippen LogP contribution is -2.42. The summed E-state index contributed by atoms with van der Waals surface area (Å²) in [6.07, 6.45) is 7.89. The highest BCUT2D eigenvalue weighted by atomic mass is 16.3. The summed E-state index contributed by atoms with van der Waals surface area (Å²) in [6, 6.07) is 7.04. The average molecular weight is 328 g/mol. The molecular formula is C19H24N2O3. The maximum atomic E-state index is 12.6. The minimum atomic E-state index is -0.440. The first-order chi connectivity index (χ1) is 11.6. The molecule has 2 aliphatic rings. The van der Waals surface area contributed by atoms with E-state index in [1.807, 2.05) is 0 Å². The summed E-state index contributed by atoms with van der Waals surface area (Å²) in [6.45, 7) is 1.05. The second kappa shape index (κ2) is 7.62. The summed E-state index contributed by atoms with van der Waals surface area (Å²) in [5, 5.41) is 12.6. The Morgan fingerprint density at radius 1 is 1.29 bits per heavy atom. The molecule has 0 spiro atoms. The number of hydrogen-bond acceptors (Lipinski definition) is 3. The maximum absolute atomic E-state index is 12.6. The molecule has 1 aromatic carbocycles. The predicted octanol–water partition coefficient (Wildman–Crippen LogP) is 2.58. The van der Waals surface area contributed by atoms with Gasteiger partial charge in [0.05, 0.1) is 6.10 Å². The number of carbonyl (C=O) groups excluding carboxylic acids is 2. The Morgan fingerprint density at radius 3 is 2.92 bits per heavy atom. The number of carbonyl (C=O) groups is 2. The molecule has 2 amide bonds. The first-order valence-electron chi connectivity index (χ1n) is 8.66. The Labute approximate surface area is 142 Å². The smallest absolute Gasteiger partial charge is 0.254 e. The molecular weight excluding hydrogens is 304 g/mol. The van der Waals surface area contributed by atoms with Gasteiger partial charge in [-0.25, -0.2) is 0 Å². The fourth-order valence-corrected chi connectivity index (χ4v) is 3.37. The molecule has 1 aromatic rings. The molecule has 1 fully saturated rings. The van der Waals surface area contributed by atoms with Crippen molar-refractivity contribution in [2.45, 2.75) is 38.2 Å². The lowest BCUT2D eigenvalue weighted by molar-refractivity contribution is -0.116. The van der Waals surface area contributed by atoms with Gasteiger partial charge in [0, 0.05) is 30.8 Å². The quantitative estimate of drug-likeness (QED) is 0.835. The number of nitrogens with zero attached hydrogens (tertiary/aromatic N) is 1. The van der Waals surface area contributed by atoms with Crippen molar-refractivity contribution >= 4 is 17.5 Å². The minimum Gasteiger partial charge on any atom is -0.391 e. The van der Waals surface area contributed by atoms with Gasteiger partial charge in [0.1, 0.15) is 0 Å². The number of anilines is 1. The molecule has 0 aromatic heterocycles. The largest absolute Gasteiger partial charge is 0.391 e. The van der Waals surface area contributed by atoms with Gasteiger partial charge in [-0.05, 0) is 49.8 Å². The number of aliphatic hydroxyl groups is 1. The van der Waals surface area contributed by atoms with E-state index in [4.69, 9.17) is 0 Å². The van der Waals surface area contributed by atoms with E-state index in [0.717, 1.165) is 25.7 Å². The van der Waals surface area contributed by atoms with Crippen molar-refractivity contribution in [1.29, 1.82) is 0 Å². The number of piperidine rings is 1. The lowest BCUT2D eigenvalue weighted by Gasteiger charge is -2.30.